The molecule has 1 aromatic heterocycles. The van der Waals surface area contributed by atoms with E-state index in [-0.39, 0.29) is 16.8 Å². The number of anilines is 1. The highest BCUT2D eigenvalue weighted by Crippen LogP contribution is 2.31. The number of hydrogen-bond acceptors (Lipinski definition) is 6. The number of aryl methyl sites for hydroxylation is 1. The molecule has 2 heterocycles. The molecule has 0 unspecified atom stereocenters. The van der Waals surface area contributed by atoms with Crippen LogP contribution < -0.4 is 14.9 Å². The maximum absolute atomic E-state index is 13.4. The van der Waals surface area contributed by atoms with E-state index in [2.05, 4.69) is 19.9 Å². The molecule has 1 saturated heterocycles. The molecular formula is C22H30N4O3S2. The summed E-state index contributed by atoms with van der Waals surface area (Å²) in [5, 5.41) is 6.15. The Morgan fingerprint density at radius 2 is 1.94 bits per heavy atom. The number of benzene rings is 1. The molecule has 31 heavy (non-hydrogen) atoms. The fourth-order valence-electron chi connectivity index (χ4n) is 4.54. The predicted molar refractivity (Wildman–Crippen MR) is 123 cm³/mol. The lowest BCUT2D eigenvalue weighted by Crippen LogP contribution is -2.61. The number of nitrogens with zero attached hydrogens (tertiary/aromatic N) is 2. The van der Waals surface area contributed by atoms with E-state index in [0.29, 0.717) is 12.8 Å². The molecule has 2 aromatic rings. The summed E-state index contributed by atoms with van der Waals surface area (Å²) in [6.45, 7) is 3.53. The van der Waals surface area contributed by atoms with E-state index in [1.165, 1.54) is 0 Å². The first-order valence-corrected chi connectivity index (χ1v) is 13.3. The summed E-state index contributed by atoms with van der Waals surface area (Å²) in [7, 11) is -3.79. The number of rotatable bonds is 6. The van der Waals surface area contributed by atoms with Gasteiger partial charge in [-0.05, 0) is 50.3 Å². The molecule has 1 aliphatic heterocycles. The Kier molecular flexibility index (Phi) is 6.64. The molecule has 1 aliphatic carbocycles. The number of piperidine rings is 1. The van der Waals surface area contributed by atoms with Crippen LogP contribution in [0.15, 0.2) is 40.7 Å². The molecule has 168 valence electrons. The lowest BCUT2D eigenvalue weighted by atomic mass is 9.81. The van der Waals surface area contributed by atoms with Gasteiger partial charge in [-0.25, -0.2) is 13.4 Å². The normalized spacial score (nSPS) is 19.8. The summed E-state index contributed by atoms with van der Waals surface area (Å²) < 4.78 is 29.1. The van der Waals surface area contributed by atoms with Gasteiger partial charge < -0.3 is 10.2 Å². The second-order valence-electron chi connectivity index (χ2n) is 8.61. The van der Waals surface area contributed by atoms with Gasteiger partial charge in [-0.2, -0.15) is 4.72 Å². The van der Waals surface area contributed by atoms with Crippen molar-refractivity contribution in [2.24, 2.45) is 0 Å². The van der Waals surface area contributed by atoms with Crippen molar-refractivity contribution in [2.45, 2.75) is 68.3 Å². The third kappa shape index (κ3) is 5.10. The van der Waals surface area contributed by atoms with Crippen LogP contribution in [0.2, 0.25) is 0 Å². The lowest BCUT2D eigenvalue weighted by Gasteiger charge is -2.39. The number of nitrogens with one attached hydrogen (secondary N) is 2. The topological polar surface area (TPSA) is 91.4 Å². The molecule has 2 fully saturated rings. The van der Waals surface area contributed by atoms with Crippen LogP contribution in [0.3, 0.4) is 0 Å². The molecule has 2 aliphatic rings. The largest absolute Gasteiger partial charge is 0.352 e. The highest BCUT2D eigenvalue weighted by atomic mass is 32.2. The van der Waals surface area contributed by atoms with E-state index in [9.17, 15) is 13.2 Å². The van der Waals surface area contributed by atoms with Crippen molar-refractivity contribution in [1.82, 2.24) is 15.0 Å². The van der Waals surface area contributed by atoms with E-state index in [0.717, 1.165) is 55.9 Å². The summed E-state index contributed by atoms with van der Waals surface area (Å²) in [4.78, 5) is 20.2. The Labute approximate surface area is 188 Å². The van der Waals surface area contributed by atoms with Crippen LogP contribution in [-0.2, 0) is 14.8 Å². The van der Waals surface area contributed by atoms with Crippen molar-refractivity contribution in [3.63, 3.8) is 0 Å². The minimum absolute atomic E-state index is 0.0472. The van der Waals surface area contributed by atoms with Crippen LogP contribution in [0.5, 0.6) is 0 Å². The van der Waals surface area contributed by atoms with E-state index < -0.39 is 15.6 Å². The first kappa shape index (κ1) is 22.2. The summed E-state index contributed by atoms with van der Waals surface area (Å²) in [6.07, 6.45) is 7.22. The van der Waals surface area contributed by atoms with E-state index in [4.69, 9.17) is 0 Å². The molecule has 9 heteroatoms. The Morgan fingerprint density at radius 1 is 1.19 bits per heavy atom. The first-order chi connectivity index (χ1) is 14.9. The van der Waals surface area contributed by atoms with E-state index >= 15 is 0 Å². The Morgan fingerprint density at radius 3 is 2.58 bits per heavy atom. The molecule has 0 bridgehead atoms. The Hall–Kier alpha value is -1.97. The van der Waals surface area contributed by atoms with E-state index in [1.807, 2.05) is 18.4 Å². The maximum atomic E-state index is 13.4. The van der Waals surface area contributed by atoms with Crippen LogP contribution in [0.25, 0.3) is 0 Å². The zero-order valence-electron chi connectivity index (χ0n) is 17.8. The third-order valence-electron chi connectivity index (χ3n) is 6.29. The van der Waals surface area contributed by atoms with Crippen LogP contribution >= 0.6 is 11.3 Å². The number of thiazole rings is 1. The smallest absolute Gasteiger partial charge is 0.241 e. The van der Waals surface area contributed by atoms with Gasteiger partial charge >= 0.3 is 0 Å². The molecule has 4 rings (SSSR count). The van der Waals surface area contributed by atoms with Crippen molar-refractivity contribution >= 4 is 32.4 Å². The molecule has 1 amide bonds. The van der Waals surface area contributed by atoms with Gasteiger partial charge in [0.1, 0.15) is 5.54 Å². The van der Waals surface area contributed by atoms with Gasteiger partial charge in [-0.15, -0.1) is 11.3 Å². The predicted octanol–water partition coefficient (Wildman–Crippen LogP) is 3.22. The summed E-state index contributed by atoms with van der Waals surface area (Å²) in [5.41, 5.74) is -0.204. The minimum atomic E-state index is -3.79. The summed E-state index contributed by atoms with van der Waals surface area (Å²) in [5.74, 6) is -0.184. The van der Waals surface area contributed by atoms with Gasteiger partial charge in [0.2, 0.25) is 15.9 Å². The average molecular weight is 463 g/mol. The summed E-state index contributed by atoms with van der Waals surface area (Å²) in [6, 6.07) is 6.86. The van der Waals surface area contributed by atoms with Gasteiger partial charge in [-0.1, -0.05) is 31.4 Å². The molecule has 7 nitrogen and oxygen atoms in total. The van der Waals surface area contributed by atoms with Gasteiger partial charge in [0.25, 0.3) is 0 Å². The van der Waals surface area contributed by atoms with Crippen LogP contribution in [0, 0.1) is 6.92 Å². The van der Waals surface area contributed by atoms with Gasteiger partial charge in [0.15, 0.2) is 5.13 Å². The van der Waals surface area contributed by atoms with Crippen molar-refractivity contribution in [3.8, 4) is 0 Å². The average Bonchev–Trinajstić information content (AvgIpc) is 3.29. The SMILES string of the molecule is Cc1cccc(S(=O)(=O)NC2(C(=O)NC3CCN(c4nccs4)CC3)CCCCC2)c1. The van der Waals surface area contributed by atoms with Gasteiger partial charge in [0, 0.05) is 30.7 Å². The molecule has 1 saturated carbocycles. The number of sulfonamides is 1. The quantitative estimate of drug-likeness (QED) is 0.688. The second-order valence-corrected chi connectivity index (χ2v) is 11.2. The van der Waals surface area contributed by atoms with Crippen LogP contribution in [0.4, 0.5) is 5.13 Å². The number of carbonyl (C=O) groups is 1. The van der Waals surface area contributed by atoms with Crippen molar-refractivity contribution in [3.05, 3.63) is 41.4 Å². The first-order valence-electron chi connectivity index (χ1n) is 10.9. The highest BCUT2D eigenvalue weighted by Gasteiger charge is 2.44. The zero-order chi connectivity index (χ0) is 21.9. The number of amides is 1. The standard InChI is InChI=1S/C22H30N4O3S2/c1-17-6-5-7-19(16-17)31(28,29)25-22(10-3-2-4-11-22)20(27)24-18-8-13-26(14-9-18)21-23-12-15-30-21/h5-7,12,15-16,18,25H,2-4,8-11,13-14H2,1H3,(H,24,27). The van der Waals surface area contributed by atoms with Crippen LogP contribution in [-0.4, -0.2) is 44.0 Å². The van der Waals surface area contributed by atoms with Gasteiger partial charge in [0.05, 0.1) is 4.90 Å². The summed E-state index contributed by atoms with van der Waals surface area (Å²) >= 11 is 1.62. The lowest BCUT2D eigenvalue weighted by molar-refractivity contribution is -0.129. The number of carbonyl (C=O) groups excluding carboxylic acids is 1. The van der Waals surface area contributed by atoms with Crippen molar-refractivity contribution in [2.75, 3.05) is 18.0 Å². The van der Waals surface area contributed by atoms with Gasteiger partial charge in [-0.3, -0.25) is 4.79 Å². The molecule has 0 radical (unpaired) electrons. The van der Waals surface area contributed by atoms with Crippen molar-refractivity contribution in [1.29, 1.82) is 0 Å². The maximum Gasteiger partial charge on any atom is 0.241 e. The number of hydrogen-bond donors (Lipinski definition) is 2. The fourth-order valence-corrected chi connectivity index (χ4v) is 6.76. The monoisotopic (exact) mass is 462 g/mol. The van der Waals surface area contributed by atoms with Crippen LogP contribution in [0.1, 0.15) is 50.5 Å². The highest BCUT2D eigenvalue weighted by molar-refractivity contribution is 7.89. The van der Waals surface area contributed by atoms with E-state index in [1.54, 1.807) is 35.7 Å². The Bertz CT molecular complexity index is 994. The molecule has 1 aromatic carbocycles. The van der Waals surface area contributed by atoms with Crippen molar-refractivity contribution < 1.29 is 13.2 Å². The minimum Gasteiger partial charge on any atom is -0.352 e. The third-order valence-corrected chi connectivity index (χ3v) is 8.66. The fraction of sp³-hybridized carbons (Fsp3) is 0.545. The zero-order valence-corrected chi connectivity index (χ0v) is 19.5. The molecular weight excluding hydrogens is 432 g/mol. The second kappa shape index (κ2) is 9.26. The Balaban J connectivity index is 1.45. The molecule has 0 atom stereocenters. The molecule has 2 N–H and O–H groups in total. The number of aromatic nitrogens is 1. The molecule has 0 spiro atoms.